The second-order valence-electron chi connectivity index (χ2n) is 3.77. The lowest BCUT2D eigenvalue weighted by molar-refractivity contribution is -0.137. The van der Waals surface area contributed by atoms with Gasteiger partial charge >= 0.3 is 6.18 Å². The average Bonchev–Trinajstić information content (AvgIpc) is 2.37. The molecule has 2 nitrogen and oxygen atoms in total. The minimum Gasteiger partial charge on any atom is -0.472 e. The van der Waals surface area contributed by atoms with Crippen LogP contribution in [0.1, 0.15) is 11.1 Å². The monoisotopic (exact) mass is 287 g/mol. The van der Waals surface area contributed by atoms with E-state index < -0.39 is 11.7 Å². The number of aromatic nitrogens is 1. The highest BCUT2D eigenvalue weighted by molar-refractivity contribution is 6.31. The summed E-state index contributed by atoms with van der Waals surface area (Å²) in [4.78, 5) is 3.92. The first-order valence-corrected chi connectivity index (χ1v) is 5.74. The molecule has 0 radical (unpaired) electrons. The Kier molecular flexibility index (Phi) is 3.95. The van der Waals surface area contributed by atoms with E-state index in [1.807, 2.05) is 0 Å². The standard InChI is InChI=1S/C13H9ClF3NO/c14-11-2-1-7-18-12(11)19-8-9-3-5-10(6-4-9)13(15,16)17/h1-7H,8H2. The van der Waals surface area contributed by atoms with Gasteiger partial charge in [0.15, 0.2) is 0 Å². The lowest BCUT2D eigenvalue weighted by Gasteiger charge is -2.09. The molecule has 6 heteroatoms. The van der Waals surface area contributed by atoms with E-state index in [1.165, 1.54) is 18.3 Å². The Morgan fingerprint density at radius 3 is 2.37 bits per heavy atom. The van der Waals surface area contributed by atoms with Gasteiger partial charge in [-0.1, -0.05) is 23.7 Å². The van der Waals surface area contributed by atoms with Crippen LogP contribution in [-0.2, 0) is 12.8 Å². The number of pyridine rings is 1. The number of rotatable bonds is 3. The van der Waals surface area contributed by atoms with Crippen LogP contribution in [0, 0.1) is 0 Å². The van der Waals surface area contributed by atoms with Gasteiger partial charge in [-0.05, 0) is 29.8 Å². The molecule has 1 heterocycles. The average molecular weight is 288 g/mol. The number of alkyl halides is 3. The number of halogens is 4. The van der Waals surface area contributed by atoms with Crippen molar-refractivity contribution in [2.45, 2.75) is 12.8 Å². The van der Waals surface area contributed by atoms with E-state index in [1.54, 1.807) is 12.1 Å². The summed E-state index contributed by atoms with van der Waals surface area (Å²) in [6, 6.07) is 8.03. The van der Waals surface area contributed by atoms with Crippen molar-refractivity contribution >= 4 is 11.6 Å². The zero-order valence-corrected chi connectivity index (χ0v) is 10.4. The maximum atomic E-state index is 12.4. The van der Waals surface area contributed by atoms with Gasteiger partial charge in [0, 0.05) is 6.20 Å². The van der Waals surface area contributed by atoms with Crippen LogP contribution in [0.4, 0.5) is 13.2 Å². The molecule has 0 spiro atoms. The number of ether oxygens (including phenoxy) is 1. The maximum absolute atomic E-state index is 12.4. The smallest absolute Gasteiger partial charge is 0.416 e. The highest BCUT2D eigenvalue weighted by atomic mass is 35.5. The van der Waals surface area contributed by atoms with Crippen LogP contribution < -0.4 is 4.74 Å². The molecule has 2 rings (SSSR count). The molecule has 0 bridgehead atoms. The third-order valence-electron chi connectivity index (χ3n) is 2.38. The Labute approximate surface area is 112 Å². The van der Waals surface area contributed by atoms with E-state index in [2.05, 4.69) is 4.98 Å². The Hall–Kier alpha value is -1.75. The number of benzene rings is 1. The molecule has 0 unspecified atom stereocenters. The lowest BCUT2D eigenvalue weighted by atomic mass is 10.1. The van der Waals surface area contributed by atoms with Crippen molar-refractivity contribution in [3.05, 3.63) is 58.7 Å². The van der Waals surface area contributed by atoms with E-state index in [0.29, 0.717) is 10.6 Å². The van der Waals surface area contributed by atoms with Crippen molar-refractivity contribution < 1.29 is 17.9 Å². The quantitative estimate of drug-likeness (QED) is 0.838. The molecule has 0 aliphatic heterocycles. The van der Waals surface area contributed by atoms with E-state index in [0.717, 1.165) is 12.1 Å². The van der Waals surface area contributed by atoms with Crippen LogP contribution in [0.15, 0.2) is 42.6 Å². The summed E-state index contributed by atoms with van der Waals surface area (Å²) in [5.41, 5.74) is -0.0816. The number of hydrogen-bond acceptors (Lipinski definition) is 2. The summed E-state index contributed by atoms with van der Waals surface area (Å²) >= 11 is 5.84. The second-order valence-corrected chi connectivity index (χ2v) is 4.18. The van der Waals surface area contributed by atoms with Crippen molar-refractivity contribution in [3.63, 3.8) is 0 Å². The molecule has 100 valence electrons. The fraction of sp³-hybridized carbons (Fsp3) is 0.154. The third kappa shape index (κ3) is 3.61. The van der Waals surface area contributed by atoms with E-state index in [-0.39, 0.29) is 12.5 Å². The van der Waals surface area contributed by atoms with E-state index in [9.17, 15) is 13.2 Å². The first-order valence-electron chi connectivity index (χ1n) is 5.36. The van der Waals surface area contributed by atoms with Crippen LogP contribution in [-0.4, -0.2) is 4.98 Å². The molecule has 1 aromatic carbocycles. The molecular weight excluding hydrogens is 279 g/mol. The molecule has 0 atom stereocenters. The van der Waals surface area contributed by atoms with Crippen molar-refractivity contribution in [3.8, 4) is 5.88 Å². The van der Waals surface area contributed by atoms with E-state index in [4.69, 9.17) is 16.3 Å². The third-order valence-corrected chi connectivity index (χ3v) is 2.67. The fourth-order valence-electron chi connectivity index (χ4n) is 1.42. The zero-order chi connectivity index (χ0) is 13.9. The SMILES string of the molecule is FC(F)(F)c1ccc(COc2ncccc2Cl)cc1. The fourth-order valence-corrected chi connectivity index (χ4v) is 1.60. The summed E-state index contributed by atoms with van der Waals surface area (Å²) in [6.45, 7) is 0.106. The summed E-state index contributed by atoms with van der Waals surface area (Å²) in [5.74, 6) is 0.254. The van der Waals surface area contributed by atoms with Gasteiger partial charge in [0.25, 0.3) is 0 Å². The van der Waals surface area contributed by atoms with Crippen LogP contribution in [0.25, 0.3) is 0 Å². The Morgan fingerprint density at radius 1 is 1.11 bits per heavy atom. The van der Waals surface area contributed by atoms with Crippen LogP contribution >= 0.6 is 11.6 Å². The molecule has 0 fully saturated rings. The minimum absolute atomic E-state index is 0.106. The van der Waals surface area contributed by atoms with Gasteiger partial charge < -0.3 is 4.74 Å². The Morgan fingerprint density at radius 2 is 1.79 bits per heavy atom. The van der Waals surface area contributed by atoms with Crippen molar-refractivity contribution in [2.24, 2.45) is 0 Å². The van der Waals surface area contributed by atoms with Crippen molar-refractivity contribution in [1.29, 1.82) is 0 Å². The molecule has 0 saturated heterocycles. The summed E-state index contributed by atoms with van der Waals surface area (Å²) in [5, 5.41) is 0.356. The zero-order valence-electron chi connectivity index (χ0n) is 9.62. The highest BCUT2D eigenvalue weighted by Crippen LogP contribution is 2.29. The first kappa shape index (κ1) is 13.7. The van der Waals surface area contributed by atoms with Crippen LogP contribution in [0.2, 0.25) is 5.02 Å². The topological polar surface area (TPSA) is 22.1 Å². The van der Waals surface area contributed by atoms with E-state index >= 15 is 0 Å². The molecule has 0 aliphatic carbocycles. The molecule has 2 aromatic rings. The van der Waals surface area contributed by atoms with Gasteiger partial charge in [-0.15, -0.1) is 0 Å². The van der Waals surface area contributed by atoms with Crippen LogP contribution in [0.5, 0.6) is 5.88 Å². The highest BCUT2D eigenvalue weighted by Gasteiger charge is 2.29. The maximum Gasteiger partial charge on any atom is 0.416 e. The minimum atomic E-state index is -4.33. The van der Waals surface area contributed by atoms with Crippen molar-refractivity contribution in [1.82, 2.24) is 4.98 Å². The largest absolute Gasteiger partial charge is 0.472 e. The molecule has 19 heavy (non-hydrogen) atoms. The predicted molar refractivity (Wildman–Crippen MR) is 65.0 cm³/mol. The number of nitrogens with zero attached hydrogens (tertiary/aromatic N) is 1. The van der Waals surface area contributed by atoms with Gasteiger partial charge in [0.05, 0.1) is 5.56 Å². The van der Waals surface area contributed by atoms with Gasteiger partial charge in [-0.3, -0.25) is 0 Å². The lowest BCUT2D eigenvalue weighted by Crippen LogP contribution is -2.05. The molecular formula is C13H9ClF3NO. The second kappa shape index (κ2) is 5.48. The molecule has 0 amide bonds. The summed E-state index contributed by atoms with van der Waals surface area (Å²) < 4.78 is 42.4. The predicted octanol–water partition coefficient (Wildman–Crippen LogP) is 4.33. The first-order chi connectivity index (χ1) is 8.97. The Balaban J connectivity index is 2.03. The molecule has 1 aromatic heterocycles. The normalized spacial score (nSPS) is 11.4. The van der Waals surface area contributed by atoms with Gasteiger partial charge in [-0.25, -0.2) is 4.98 Å². The Bertz CT molecular complexity index is 555. The summed E-state index contributed by atoms with van der Waals surface area (Å²) in [7, 11) is 0. The number of hydrogen-bond donors (Lipinski definition) is 0. The van der Waals surface area contributed by atoms with Gasteiger partial charge in [0.2, 0.25) is 5.88 Å². The van der Waals surface area contributed by atoms with Gasteiger partial charge in [0.1, 0.15) is 11.6 Å². The summed E-state index contributed by atoms with van der Waals surface area (Å²) in [6.07, 6.45) is -2.81. The molecule has 0 saturated carbocycles. The molecule has 0 N–H and O–H groups in total. The van der Waals surface area contributed by atoms with Gasteiger partial charge in [-0.2, -0.15) is 13.2 Å². The molecule has 0 aliphatic rings. The van der Waals surface area contributed by atoms with Crippen molar-refractivity contribution in [2.75, 3.05) is 0 Å². The van der Waals surface area contributed by atoms with Crippen LogP contribution in [0.3, 0.4) is 0 Å².